The van der Waals surface area contributed by atoms with E-state index in [9.17, 15) is 4.79 Å². The Morgan fingerprint density at radius 1 is 1.20 bits per heavy atom. The van der Waals surface area contributed by atoms with Crippen LogP contribution in [0.2, 0.25) is 5.02 Å². The minimum atomic E-state index is -0.929. The lowest BCUT2D eigenvalue weighted by molar-refractivity contribution is -0.115. The molecule has 1 atom stereocenters. The molecule has 0 spiro atoms. The molecule has 2 aromatic carbocycles. The zero-order chi connectivity index (χ0) is 18.1. The van der Waals surface area contributed by atoms with E-state index in [4.69, 9.17) is 17.0 Å². The lowest BCUT2D eigenvalue weighted by atomic mass is 9.76. The molecule has 1 aliphatic rings. The van der Waals surface area contributed by atoms with Crippen molar-refractivity contribution in [2.75, 3.05) is 7.05 Å². The summed E-state index contributed by atoms with van der Waals surface area (Å²) in [4.78, 5) is 12.3. The second-order valence-electron chi connectivity index (χ2n) is 6.83. The van der Waals surface area contributed by atoms with Crippen molar-refractivity contribution in [3.63, 3.8) is 0 Å². The first-order chi connectivity index (χ1) is 11.9. The number of hydrogen-bond acceptors (Lipinski definition) is 2. The van der Waals surface area contributed by atoms with E-state index in [1.165, 1.54) is 0 Å². The standard InChI is InChI=1S/C20H22ClN3O/c1-19(9-10-19)20(13-25,24-18(22)23-2)16-7-3-5-14(11-16)15-6-4-8-17(21)12-15/h3-8,11-13H,9-10H2,1-2H3,(H3,22,23,24). The van der Waals surface area contributed by atoms with Crippen LogP contribution in [-0.4, -0.2) is 19.3 Å². The van der Waals surface area contributed by atoms with E-state index in [0.717, 1.165) is 35.8 Å². The zero-order valence-electron chi connectivity index (χ0n) is 14.4. The van der Waals surface area contributed by atoms with E-state index in [-0.39, 0.29) is 11.4 Å². The summed E-state index contributed by atoms with van der Waals surface area (Å²) < 4.78 is 0. The van der Waals surface area contributed by atoms with Crippen LogP contribution >= 0.6 is 11.6 Å². The monoisotopic (exact) mass is 355 g/mol. The highest BCUT2D eigenvalue weighted by Crippen LogP contribution is 2.57. The van der Waals surface area contributed by atoms with Gasteiger partial charge in [-0.1, -0.05) is 48.9 Å². The molecule has 3 N–H and O–H groups in total. The molecule has 0 aromatic heterocycles. The fourth-order valence-corrected chi connectivity index (χ4v) is 3.46. The molecule has 4 nitrogen and oxygen atoms in total. The molecule has 3 rings (SSSR count). The van der Waals surface area contributed by atoms with E-state index < -0.39 is 5.54 Å². The van der Waals surface area contributed by atoms with Crippen molar-refractivity contribution in [3.05, 3.63) is 59.1 Å². The van der Waals surface area contributed by atoms with Gasteiger partial charge in [0.2, 0.25) is 0 Å². The number of benzene rings is 2. The normalized spacial score (nSPS) is 17.2. The summed E-state index contributed by atoms with van der Waals surface area (Å²) in [6.07, 6.45) is 2.83. The quantitative estimate of drug-likeness (QED) is 0.432. The third-order valence-corrected chi connectivity index (χ3v) is 5.41. The molecular weight excluding hydrogens is 334 g/mol. The van der Waals surface area contributed by atoms with Crippen molar-refractivity contribution in [3.8, 4) is 11.1 Å². The molecule has 5 heteroatoms. The Kier molecular flexibility index (Phi) is 4.56. The number of hydrogen-bond donors (Lipinski definition) is 3. The summed E-state index contributed by atoms with van der Waals surface area (Å²) >= 11 is 6.12. The van der Waals surface area contributed by atoms with Gasteiger partial charge in [0, 0.05) is 17.5 Å². The third kappa shape index (κ3) is 3.14. The molecule has 1 aliphatic carbocycles. The number of carbonyl (C=O) groups is 1. The molecule has 130 valence electrons. The van der Waals surface area contributed by atoms with Gasteiger partial charge in [0.05, 0.1) is 0 Å². The van der Waals surface area contributed by atoms with Crippen LogP contribution in [0.15, 0.2) is 48.5 Å². The lowest BCUT2D eigenvalue weighted by Gasteiger charge is -2.37. The Labute approximate surface area is 153 Å². The van der Waals surface area contributed by atoms with Crippen LogP contribution < -0.4 is 10.6 Å². The first-order valence-corrected chi connectivity index (χ1v) is 8.69. The zero-order valence-corrected chi connectivity index (χ0v) is 15.2. The molecule has 0 radical (unpaired) electrons. The number of rotatable bonds is 5. The predicted molar refractivity (Wildman–Crippen MR) is 102 cm³/mol. The maximum atomic E-state index is 12.3. The maximum absolute atomic E-state index is 12.3. The van der Waals surface area contributed by atoms with E-state index in [1.54, 1.807) is 7.05 Å². The van der Waals surface area contributed by atoms with Crippen molar-refractivity contribution in [2.45, 2.75) is 25.3 Å². The molecule has 0 heterocycles. The molecule has 1 saturated carbocycles. The molecule has 2 aromatic rings. The summed E-state index contributed by atoms with van der Waals surface area (Å²) in [7, 11) is 1.67. The van der Waals surface area contributed by atoms with Crippen molar-refractivity contribution in [2.24, 2.45) is 5.41 Å². The van der Waals surface area contributed by atoms with Gasteiger partial charge in [-0.05, 0) is 47.7 Å². The molecule has 25 heavy (non-hydrogen) atoms. The molecular formula is C20H22ClN3O. The fourth-order valence-electron chi connectivity index (χ4n) is 3.26. The van der Waals surface area contributed by atoms with Gasteiger partial charge in [-0.2, -0.15) is 0 Å². The number of nitrogens with one attached hydrogen (secondary N) is 3. The summed E-state index contributed by atoms with van der Waals surface area (Å²) in [5, 5.41) is 14.6. The van der Waals surface area contributed by atoms with Gasteiger partial charge in [0.1, 0.15) is 5.54 Å². The fraction of sp³-hybridized carbons (Fsp3) is 0.300. The van der Waals surface area contributed by atoms with Crippen molar-refractivity contribution < 1.29 is 4.79 Å². The first-order valence-electron chi connectivity index (χ1n) is 8.31. The number of carbonyl (C=O) groups excluding carboxylic acids is 1. The minimum Gasteiger partial charge on any atom is -0.360 e. The second-order valence-corrected chi connectivity index (χ2v) is 7.26. The Morgan fingerprint density at radius 2 is 1.84 bits per heavy atom. The molecule has 0 saturated heterocycles. The van der Waals surface area contributed by atoms with Crippen LogP contribution in [-0.2, 0) is 10.3 Å². The van der Waals surface area contributed by atoms with E-state index >= 15 is 0 Å². The van der Waals surface area contributed by atoms with Crippen molar-refractivity contribution in [1.29, 1.82) is 5.41 Å². The van der Waals surface area contributed by atoms with Crippen LogP contribution in [0.25, 0.3) is 11.1 Å². The van der Waals surface area contributed by atoms with Gasteiger partial charge >= 0.3 is 0 Å². The predicted octanol–water partition coefficient (Wildman–Crippen LogP) is 3.95. The van der Waals surface area contributed by atoms with E-state index in [1.807, 2.05) is 48.5 Å². The lowest BCUT2D eigenvalue weighted by Crippen LogP contribution is -2.55. The maximum Gasteiger partial charge on any atom is 0.189 e. The summed E-state index contributed by atoms with van der Waals surface area (Å²) in [5.74, 6) is 0.133. The SMILES string of the molecule is CNC(=N)NC(C=O)(c1cccc(-c2cccc(Cl)c2)c1)C1(C)CC1. The average molecular weight is 356 g/mol. The van der Waals surface area contributed by atoms with Gasteiger partial charge in [-0.3, -0.25) is 5.41 Å². The van der Waals surface area contributed by atoms with Crippen LogP contribution in [0.3, 0.4) is 0 Å². The molecule has 0 bridgehead atoms. The van der Waals surface area contributed by atoms with Crippen LogP contribution in [0.1, 0.15) is 25.3 Å². The van der Waals surface area contributed by atoms with Gasteiger partial charge < -0.3 is 15.4 Å². The van der Waals surface area contributed by atoms with Gasteiger partial charge in [-0.15, -0.1) is 0 Å². The Balaban J connectivity index is 2.09. The van der Waals surface area contributed by atoms with E-state index in [2.05, 4.69) is 17.6 Å². The van der Waals surface area contributed by atoms with Crippen molar-refractivity contribution in [1.82, 2.24) is 10.6 Å². The first kappa shape index (κ1) is 17.5. The smallest absolute Gasteiger partial charge is 0.189 e. The summed E-state index contributed by atoms with van der Waals surface area (Å²) in [5.41, 5.74) is 1.72. The second kappa shape index (κ2) is 6.52. The summed E-state index contributed by atoms with van der Waals surface area (Å²) in [6.45, 7) is 2.09. The molecule has 1 unspecified atom stereocenters. The largest absolute Gasteiger partial charge is 0.360 e. The molecule has 1 fully saturated rings. The van der Waals surface area contributed by atoms with Gasteiger partial charge in [0.15, 0.2) is 12.2 Å². The Hall–Kier alpha value is -2.33. The van der Waals surface area contributed by atoms with Crippen LogP contribution in [0, 0.1) is 10.8 Å². The van der Waals surface area contributed by atoms with Gasteiger partial charge in [-0.25, -0.2) is 0 Å². The van der Waals surface area contributed by atoms with E-state index in [0.29, 0.717) is 5.02 Å². The Morgan fingerprint density at radius 3 is 2.40 bits per heavy atom. The average Bonchev–Trinajstić information content (AvgIpc) is 3.38. The van der Waals surface area contributed by atoms with Crippen LogP contribution in [0.5, 0.6) is 0 Å². The molecule has 0 aliphatic heterocycles. The third-order valence-electron chi connectivity index (χ3n) is 5.18. The number of guanidine groups is 1. The summed E-state index contributed by atoms with van der Waals surface area (Å²) in [6, 6.07) is 15.6. The highest BCUT2D eigenvalue weighted by molar-refractivity contribution is 6.30. The number of halogens is 1. The number of aldehydes is 1. The van der Waals surface area contributed by atoms with Crippen LogP contribution in [0.4, 0.5) is 0 Å². The topological polar surface area (TPSA) is 65.0 Å². The highest BCUT2D eigenvalue weighted by atomic mass is 35.5. The van der Waals surface area contributed by atoms with Crippen molar-refractivity contribution >= 4 is 23.8 Å². The Bertz CT molecular complexity index is 816. The van der Waals surface area contributed by atoms with Gasteiger partial charge in [0.25, 0.3) is 0 Å². The minimum absolute atomic E-state index is 0.133. The highest BCUT2D eigenvalue weighted by Gasteiger charge is 2.57. The molecule has 0 amide bonds.